The highest BCUT2D eigenvalue weighted by Crippen LogP contribution is 2.15. The SMILES string of the molecule is CCCC=CC(C)CC(OC)C(C)OC. The zero-order valence-electron chi connectivity index (χ0n) is 10.8. The molecule has 0 aromatic carbocycles. The summed E-state index contributed by atoms with van der Waals surface area (Å²) >= 11 is 0. The Bertz CT molecular complexity index is 166. The molecule has 2 heteroatoms. The van der Waals surface area contributed by atoms with Crippen LogP contribution in [0.5, 0.6) is 0 Å². The van der Waals surface area contributed by atoms with E-state index in [0.29, 0.717) is 5.92 Å². The highest BCUT2D eigenvalue weighted by molar-refractivity contribution is 4.88. The third-order valence-corrected chi connectivity index (χ3v) is 2.72. The van der Waals surface area contributed by atoms with E-state index in [1.165, 1.54) is 12.8 Å². The molecule has 0 fully saturated rings. The number of hydrogen-bond acceptors (Lipinski definition) is 2. The van der Waals surface area contributed by atoms with Crippen LogP contribution in [0, 0.1) is 5.92 Å². The Morgan fingerprint density at radius 1 is 1.13 bits per heavy atom. The van der Waals surface area contributed by atoms with Gasteiger partial charge in [0.05, 0.1) is 12.2 Å². The van der Waals surface area contributed by atoms with Gasteiger partial charge in [0, 0.05) is 14.2 Å². The van der Waals surface area contributed by atoms with Crippen molar-refractivity contribution in [2.45, 2.75) is 52.2 Å². The lowest BCUT2D eigenvalue weighted by atomic mass is 9.99. The quantitative estimate of drug-likeness (QED) is 0.576. The number of unbranched alkanes of at least 4 members (excludes halogenated alkanes) is 1. The van der Waals surface area contributed by atoms with E-state index < -0.39 is 0 Å². The maximum Gasteiger partial charge on any atom is 0.0835 e. The van der Waals surface area contributed by atoms with E-state index in [4.69, 9.17) is 9.47 Å². The molecule has 0 aromatic heterocycles. The van der Waals surface area contributed by atoms with Gasteiger partial charge in [0.25, 0.3) is 0 Å². The van der Waals surface area contributed by atoms with Gasteiger partial charge in [-0.05, 0) is 25.7 Å². The smallest absolute Gasteiger partial charge is 0.0835 e. The van der Waals surface area contributed by atoms with Crippen LogP contribution in [0.25, 0.3) is 0 Å². The van der Waals surface area contributed by atoms with Crippen LogP contribution in [0.2, 0.25) is 0 Å². The number of allylic oxidation sites excluding steroid dienone is 2. The van der Waals surface area contributed by atoms with E-state index in [9.17, 15) is 0 Å². The molecule has 0 aliphatic heterocycles. The molecule has 0 aliphatic rings. The summed E-state index contributed by atoms with van der Waals surface area (Å²) in [5.41, 5.74) is 0. The maximum atomic E-state index is 5.42. The summed E-state index contributed by atoms with van der Waals surface area (Å²) in [7, 11) is 3.48. The van der Waals surface area contributed by atoms with Gasteiger partial charge in [-0.1, -0.05) is 32.4 Å². The molecule has 0 heterocycles. The Hall–Kier alpha value is -0.340. The third-order valence-electron chi connectivity index (χ3n) is 2.72. The minimum atomic E-state index is 0.164. The first-order valence-corrected chi connectivity index (χ1v) is 5.87. The lowest BCUT2D eigenvalue weighted by Crippen LogP contribution is -2.28. The maximum absolute atomic E-state index is 5.42. The van der Waals surface area contributed by atoms with Gasteiger partial charge in [-0.15, -0.1) is 0 Å². The highest BCUT2D eigenvalue weighted by Gasteiger charge is 2.17. The van der Waals surface area contributed by atoms with Crippen LogP contribution in [0.1, 0.15) is 40.0 Å². The third kappa shape index (κ3) is 6.69. The molecule has 0 rings (SSSR count). The van der Waals surface area contributed by atoms with Crippen LogP contribution in [0.4, 0.5) is 0 Å². The molecule has 0 radical (unpaired) electrons. The van der Waals surface area contributed by atoms with E-state index in [0.717, 1.165) is 6.42 Å². The van der Waals surface area contributed by atoms with Crippen LogP contribution in [0.3, 0.4) is 0 Å². The molecule has 0 N–H and O–H groups in total. The molecule has 0 bridgehead atoms. The van der Waals surface area contributed by atoms with Gasteiger partial charge in [0.15, 0.2) is 0 Å². The number of ether oxygens (including phenoxy) is 2. The standard InChI is InChI=1S/C13H26O2/c1-6-7-8-9-11(2)10-13(15-5)12(3)14-4/h8-9,11-13H,6-7,10H2,1-5H3. The second-order valence-corrected chi connectivity index (χ2v) is 4.14. The molecular weight excluding hydrogens is 188 g/mol. The van der Waals surface area contributed by atoms with Crippen LogP contribution >= 0.6 is 0 Å². The molecule has 0 saturated carbocycles. The molecule has 2 nitrogen and oxygen atoms in total. The second-order valence-electron chi connectivity index (χ2n) is 4.14. The van der Waals surface area contributed by atoms with E-state index in [2.05, 4.69) is 32.9 Å². The van der Waals surface area contributed by atoms with E-state index in [1.807, 2.05) is 0 Å². The molecular formula is C13H26O2. The van der Waals surface area contributed by atoms with Gasteiger partial charge in [0.1, 0.15) is 0 Å². The van der Waals surface area contributed by atoms with Gasteiger partial charge >= 0.3 is 0 Å². The fourth-order valence-corrected chi connectivity index (χ4v) is 1.57. The summed E-state index contributed by atoms with van der Waals surface area (Å²) in [6.45, 7) is 6.47. The van der Waals surface area contributed by atoms with E-state index in [-0.39, 0.29) is 12.2 Å². The molecule has 3 atom stereocenters. The van der Waals surface area contributed by atoms with E-state index >= 15 is 0 Å². The second kappa shape index (κ2) is 8.93. The molecule has 0 spiro atoms. The van der Waals surface area contributed by atoms with Crippen molar-refractivity contribution in [3.05, 3.63) is 12.2 Å². The molecule has 0 saturated heterocycles. The van der Waals surface area contributed by atoms with Gasteiger partial charge in [-0.2, -0.15) is 0 Å². The van der Waals surface area contributed by atoms with Crippen LogP contribution < -0.4 is 0 Å². The molecule has 0 aromatic rings. The first kappa shape index (κ1) is 14.7. The van der Waals surface area contributed by atoms with Crippen molar-refractivity contribution in [3.8, 4) is 0 Å². The molecule has 3 unspecified atom stereocenters. The zero-order chi connectivity index (χ0) is 11.7. The number of hydrogen-bond donors (Lipinski definition) is 0. The Morgan fingerprint density at radius 2 is 1.80 bits per heavy atom. The summed E-state index contributed by atoms with van der Waals surface area (Å²) < 4.78 is 10.7. The van der Waals surface area contributed by atoms with Crippen molar-refractivity contribution in [2.24, 2.45) is 5.92 Å². The van der Waals surface area contributed by atoms with E-state index in [1.54, 1.807) is 14.2 Å². The van der Waals surface area contributed by atoms with Gasteiger partial charge in [-0.3, -0.25) is 0 Å². The monoisotopic (exact) mass is 214 g/mol. The van der Waals surface area contributed by atoms with Crippen LogP contribution in [-0.4, -0.2) is 26.4 Å². The van der Waals surface area contributed by atoms with Crippen molar-refractivity contribution in [1.29, 1.82) is 0 Å². The highest BCUT2D eigenvalue weighted by atomic mass is 16.5. The van der Waals surface area contributed by atoms with Gasteiger partial charge < -0.3 is 9.47 Å². The average Bonchev–Trinajstić information content (AvgIpc) is 2.25. The first-order valence-electron chi connectivity index (χ1n) is 5.87. The lowest BCUT2D eigenvalue weighted by Gasteiger charge is -2.23. The van der Waals surface area contributed by atoms with Crippen LogP contribution in [0.15, 0.2) is 12.2 Å². The lowest BCUT2D eigenvalue weighted by molar-refractivity contribution is -0.0339. The normalized spacial score (nSPS) is 17.9. The fraction of sp³-hybridized carbons (Fsp3) is 0.846. The predicted octanol–water partition coefficient (Wildman–Crippen LogP) is 3.42. The Morgan fingerprint density at radius 3 is 2.27 bits per heavy atom. The van der Waals surface area contributed by atoms with Crippen molar-refractivity contribution in [3.63, 3.8) is 0 Å². The van der Waals surface area contributed by atoms with Gasteiger partial charge in [-0.25, -0.2) is 0 Å². The summed E-state index contributed by atoms with van der Waals surface area (Å²) in [6.07, 6.45) is 8.29. The Balaban J connectivity index is 3.95. The minimum absolute atomic E-state index is 0.164. The summed E-state index contributed by atoms with van der Waals surface area (Å²) in [6, 6.07) is 0. The Labute approximate surface area is 94.7 Å². The number of rotatable bonds is 8. The molecule has 0 amide bonds. The van der Waals surface area contributed by atoms with Gasteiger partial charge in [0.2, 0.25) is 0 Å². The topological polar surface area (TPSA) is 18.5 Å². The molecule has 0 aliphatic carbocycles. The minimum Gasteiger partial charge on any atom is -0.379 e. The fourth-order valence-electron chi connectivity index (χ4n) is 1.57. The van der Waals surface area contributed by atoms with Crippen molar-refractivity contribution in [2.75, 3.05) is 14.2 Å². The summed E-state index contributed by atoms with van der Waals surface area (Å²) in [4.78, 5) is 0. The average molecular weight is 214 g/mol. The molecule has 15 heavy (non-hydrogen) atoms. The van der Waals surface area contributed by atoms with Crippen molar-refractivity contribution in [1.82, 2.24) is 0 Å². The first-order chi connectivity index (χ1) is 7.15. The summed E-state index contributed by atoms with van der Waals surface area (Å²) in [5, 5.41) is 0. The van der Waals surface area contributed by atoms with Crippen LogP contribution in [-0.2, 0) is 9.47 Å². The summed E-state index contributed by atoms with van der Waals surface area (Å²) in [5.74, 6) is 0.555. The predicted molar refractivity (Wildman–Crippen MR) is 65.1 cm³/mol. The molecule has 90 valence electrons. The Kier molecular flexibility index (Phi) is 8.73. The van der Waals surface area contributed by atoms with Crippen molar-refractivity contribution < 1.29 is 9.47 Å². The zero-order valence-corrected chi connectivity index (χ0v) is 10.8. The van der Waals surface area contributed by atoms with Crippen molar-refractivity contribution >= 4 is 0 Å². The number of methoxy groups -OCH3 is 2. The largest absolute Gasteiger partial charge is 0.379 e.